The zero-order valence-electron chi connectivity index (χ0n) is 11.9. The Morgan fingerprint density at radius 2 is 2.28 bits per heavy atom. The third kappa shape index (κ3) is 4.71. The maximum atomic E-state index is 3.63. The number of likely N-dealkylation sites (tertiary alicyclic amines) is 1. The third-order valence-electron chi connectivity index (χ3n) is 3.59. The van der Waals surface area contributed by atoms with Crippen molar-refractivity contribution in [2.45, 2.75) is 39.2 Å². The molecule has 0 bridgehead atoms. The van der Waals surface area contributed by atoms with E-state index in [2.05, 4.69) is 47.8 Å². The fourth-order valence-corrected chi connectivity index (χ4v) is 3.16. The summed E-state index contributed by atoms with van der Waals surface area (Å²) in [6, 6.07) is 2.25. The van der Waals surface area contributed by atoms with Gasteiger partial charge in [-0.25, -0.2) is 0 Å². The van der Waals surface area contributed by atoms with Crippen molar-refractivity contribution in [1.29, 1.82) is 0 Å². The van der Waals surface area contributed by atoms with E-state index in [1.54, 1.807) is 11.3 Å². The Labute approximate surface area is 115 Å². The lowest BCUT2D eigenvalue weighted by Gasteiger charge is -2.23. The smallest absolute Gasteiger partial charge is 0.00966 e. The summed E-state index contributed by atoms with van der Waals surface area (Å²) in [7, 11) is 0. The van der Waals surface area contributed by atoms with Crippen LogP contribution in [0.5, 0.6) is 0 Å². The SMILES string of the molecule is CC(C)(C)NCC1CCN(CCc2ccsc2)C1. The van der Waals surface area contributed by atoms with Crippen molar-refractivity contribution in [2.75, 3.05) is 26.2 Å². The van der Waals surface area contributed by atoms with Crippen LogP contribution in [0.25, 0.3) is 0 Å². The van der Waals surface area contributed by atoms with Gasteiger partial charge in [-0.15, -0.1) is 0 Å². The number of nitrogens with zero attached hydrogens (tertiary/aromatic N) is 1. The van der Waals surface area contributed by atoms with Crippen molar-refractivity contribution in [1.82, 2.24) is 10.2 Å². The minimum atomic E-state index is 0.254. The molecule has 18 heavy (non-hydrogen) atoms. The van der Waals surface area contributed by atoms with Gasteiger partial charge in [-0.2, -0.15) is 11.3 Å². The van der Waals surface area contributed by atoms with Gasteiger partial charge in [0, 0.05) is 18.6 Å². The number of nitrogens with one attached hydrogen (secondary N) is 1. The summed E-state index contributed by atoms with van der Waals surface area (Å²) in [5.41, 5.74) is 1.75. The molecule has 102 valence electrons. The topological polar surface area (TPSA) is 15.3 Å². The van der Waals surface area contributed by atoms with E-state index in [0.717, 1.165) is 5.92 Å². The Bertz CT molecular complexity index is 340. The van der Waals surface area contributed by atoms with Gasteiger partial charge in [-0.05, 0) is 75.0 Å². The fourth-order valence-electron chi connectivity index (χ4n) is 2.46. The number of hydrogen-bond donors (Lipinski definition) is 1. The largest absolute Gasteiger partial charge is 0.312 e. The summed E-state index contributed by atoms with van der Waals surface area (Å²) in [6.45, 7) is 11.7. The Hall–Kier alpha value is -0.380. The predicted molar refractivity (Wildman–Crippen MR) is 80.3 cm³/mol. The van der Waals surface area contributed by atoms with Crippen LogP contribution in [0, 0.1) is 5.92 Å². The van der Waals surface area contributed by atoms with Gasteiger partial charge in [-0.3, -0.25) is 0 Å². The molecule has 0 spiro atoms. The van der Waals surface area contributed by atoms with Crippen LogP contribution in [0.1, 0.15) is 32.8 Å². The highest BCUT2D eigenvalue weighted by atomic mass is 32.1. The van der Waals surface area contributed by atoms with Crippen LogP contribution in [0.2, 0.25) is 0 Å². The normalized spacial score (nSPS) is 21.6. The summed E-state index contributed by atoms with van der Waals surface area (Å²) in [5, 5.41) is 8.08. The molecule has 1 aromatic heterocycles. The monoisotopic (exact) mass is 266 g/mol. The van der Waals surface area contributed by atoms with Crippen molar-refractivity contribution in [3.05, 3.63) is 22.4 Å². The van der Waals surface area contributed by atoms with Crippen molar-refractivity contribution >= 4 is 11.3 Å². The van der Waals surface area contributed by atoms with Gasteiger partial charge in [0.05, 0.1) is 0 Å². The molecule has 1 unspecified atom stereocenters. The van der Waals surface area contributed by atoms with Gasteiger partial charge in [0.25, 0.3) is 0 Å². The van der Waals surface area contributed by atoms with Crippen LogP contribution in [-0.4, -0.2) is 36.6 Å². The van der Waals surface area contributed by atoms with E-state index in [-0.39, 0.29) is 5.54 Å². The van der Waals surface area contributed by atoms with E-state index in [0.29, 0.717) is 0 Å². The molecule has 1 atom stereocenters. The van der Waals surface area contributed by atoms with Crippen molar-refractivity contribution in [2.24, 2.45) is 5.92 Å². The van der Waals surface area contributed by atoms with Crippen LogP contribution >= 0.6 is 11.3 Å². The molecule has 2 nitrogen and oxygen atoms in total. The lowest BCUT2D eigenvalue weighted by atomic mass is 10.1. The summed E-state index contributed by atoms with van der Waals surface area (Å²) in [4.78, 5) is 2.62. The molecular weight excluding hydrogens is 240 g/mol. The Morgan fingerprint density at radius 1 is 1.44 bits per heavy atom. The minimum absolute atomic E-state index is 0.254. The Balaban J connectivity index is 1.65. The number of hydrogen-bond acceptors (Lipinski definition) is 3. The van der Waals surface area contributed by atoms with E-state index in [4.69, 9.17) is 0 Å². The average molecular weight is 266 g/mol. The quantitative estimate of drug-likeness (QED) is 0.881. The Kier molecular flexibility index (Phi) is 4.82. The molecular formula is C15H26N2S. The van der Waals surface area contributed by atoms with E-state index < -0.39 is 0 Å². The maximum Gasteiger partial charge on any atom is 0.00966 e. The molecule has 0 aliphatic carbocycles. The summed E-state index contributed by atoms with van der Waals surface area (Å²) in [5.74, 6) is 0.840. The van der Waals surface area contributed by atoms with Crippen LogP contribution in [-0.2, 0) is 6.42 Å². The molecule has 0 radical (unpaired) electrons. The van der Waals surface area contributed by atoms with E-state index >= 15 is 0 Å². The van der Waals surface area contributed by atoms with Crippen molar-refractivity contribution in [3.63, 3.8) is 0 Å². The van der Waals surface area contributed by atoms with Crippen LogP contribution < -0.4 is 5.32 Å². The molecule has 0 aromatic carbocycles. The second kappa shape index (κ2) is 6.18. The van der Waals surface area contributed by atoms with Gasteiger partial charge in [0.15, 0.2) is 0 Å². The summed E-state index contributed by atoms with van der Waals surface area (Å²) < 4.78 is 0. The molecule has 1 saturated heterocycles. The average Bonchev–Trinajstić information content (AvgIpc) is 2.94. The molecule has 0 amide bonds. The lowest BCUT2D eigenvalue weighted by Crippen LogP contribution is -2.39. The van der Waals surface area contributed by atoms with Crippen LogP contribution in [0.4, 0.5) is 0 Å². The highest BCUT2D eigenvalue weighted by molar-refractivity contribution is 7.07. The fraction of sp³-hybridized carbons (Fsp3) is 0.733. The first-order valence-electron chi connectivity index (χ1n) is 7.01. The summed E-state index contributed by atoms with van der Waals surface area (Å²) >= 11 is 1.80. The zero-order chi connectivity index (χ0) is 13.0. The van der Waals surface area contributed by atoms with Gasteiger partial charge < -0.3 is 10.2 Å². The molecule has 1 aromatic rings. The highest BCUT2D eigenvalue weighted by Gasteiger charge is 2.23. The van der Waals surface area contributed by atoms with Crippen LogP contribution in [0.15, 0.2) is 16.8 Å². The molecule has 2 heterocycles. The standard InChI is InChI=1S/C15H26N2S/c1-15(2,3)16-10-14-5-8-17(11-14)7-4-13-6-9-18-12-13/h6,9,12,14,16H,4-5,7-8,10-11H2,1-3H3. The summed E-state index contributed by atoms with van der Waals surface area (Å²) in [6.07, 6.45) is 2.57. The van der Waals surface area contributed by atoms with E-state index in [1.807, 2.05) is 0 Å². The maximum absolute atomic E-state index is 3.63. The van der Waals surface area contributed by atoms with E-state index in [1.165, 1.54) is 44.6 Å². The molecule has 1 aliphatic rings. The van der Waals surface area contributed by atoms with Gasteiger partial charge in [-0.1, -0.05) is 0 Å². The molecule has 1 fully saturated rings. The van der Waals surface area contributed by atoms with Gasteiger partial charge in [0.2, 0.25) is 0 Å². The van der Waals surface area contributed by atoms with Gasteiger partial charge in [0.1, 0.15) is 0 Å². The highest BCUT2D eigenvalue weighted by Crippen LogP contribution is 2.17. The third-order valence-corrected chi connectivity index (χ3v) is 4.32. The first-order valence-corrected chi connectivity index (χ1v) is 7.96. The number of rotatable bonds is 5. The molecule has 1 aliphatic heterocycles. The second-order valence-corrected chi connectivity index (χ2v) is 7.25. The van der Waals surface area contributed by atoms with E-state index in [9.17, 15) is 0 Å². The molecule has 1 N–H and O–H groups in total. The molecule has 2 rings (SSSR count). The first kappa shape index (κ1) is 14.0. The molecule has 3 heteroatoms. The second-order valence-electron chi connectivity index (χ2n) is 6.47. The minimum Gasteiger partial charge on any atom is -0.312 e. The Morgan fingerprint density at radius 3 is 2.94 bits per heavy atom. The van der Waals surface area contributed by atoms with Crippen molar-refractivity contribution in [3.8, 4) is 0 Å². The zero-order valence-corrected chi connectivity index (χ0v) is 12.7. The molecule has 0 saturated carbocycles. The lowest BCUT2D eigenvalue weighted by molar-refractivity contribution is 0.315. The number of thiophene rings is 1. The first-order chi connectivity index (χ1) is 8.53. The predicted octanol–water partition coefficient (Wildman–Crippen LogP) is 3.00. The van der Waals surface area contributed by atoms with Crippen LogP contribution in [0.3, 0.4) is 0 Å². The van der Waals surface area contributed by atoms with Crippen molar-refractivity contribution < 1.29 is 0 Å². The van der Waals surface area contributed by atoms with Gasteiger partial charge >= 0.3 is 0 Å².